The maximum atomic E-state index is 10.9. The van der Waals surface area contributed by atoms with Gasteiger partial charge in [0.1, 0.15) is 0 Å². The molecule has 0 saturated heterocycles. The summed E-state index contributed by atoms with van der Waals surface area (Å²) in [4.78, 5) is 0.452. The Hall–Kier alpha value is -0.830. The summed E-state index contributed by atoms with van der Waals surface area (Å²) < 4.78 is 21.7. The molecule has 3 heteroatoms. The van der Waals surface area contributed by atoms with Crippen molar-refractivity contribution >= 4 is 10.7 Å². The Morgan fingerprint density at radius 2 is 1.80 bits per heavy atom. The molecule has 1 aromatic carbocycles. The van der Waals surface area contributed by atoms with Crippen molar-refractivity contribution in [1.29, 1.82) is 0 Å². The highest BCUT2D eigenvalue weighted by Crippen LogP contribution is 2.32. The third kappa shape index (κ3) is 2.59. The first-order valence-electron chi connectivity index (χ1n) is 5.52. The molecule has 1 aliphatic carbocycles. The second-order valence-electron chi connectivity index (χ2n) is 4.19. The van der Waals surface area contributed by atoms with Crippen molar-refractivity contribution in [2.45, 2.75) is 42.9 Å². The van der Waals surface area contributed by atoms with Crippen LogP contribution in [0.15, 0.2) is 29.2 Å². The van der Waals surface area contributed by atoms with Gasteiger partial charge in [-0.25, -0.2) is 8.42 Å². The highest BCUT2D eigenvalue weighted by molar-refractivity contribution is 7.72. The summed E-state index contributed by atoms with van der Waals surface area (Å²) in [6.07, 6.45) is 6.29. The highest BCUT2D eigenvalue weighted by Gasteiger charge is 2.15. The van der Waals surface area contributed by atoms with Gasteiger partial charge in [0.2, 0.25) is 0 Å². The molecule has 0 atom stereocenters. The molecule has 0 amide bonds. The summed E-state index contributed by atoms with van der Waals surface area (Å²) in [5, 5.41) is 0. The summed E-state index contributed by atoms with van der Waals surface area (Å²) in [6, 6.07) is 7.41. The Morgan fingerprint density at radius 1 is 1.07 bits per heavy atom. The quantitative estimate of drug-likeness (QED) is 0.784. The zero-order valence-electron chi connectivity index (χ0n) is 8.69. The summed E-state index contributed by atoms with van der Waals surface area (Å²) in [5.41, 5.74) is 1.20. The first kappa shape index (κ1) is 10.7. The van der Waals surface area contributed by atoms with Crippen molar-refractivity contribution in [3.05, 3.63) is 29.8 Å². The van der Waals surface area contributed by atoms with Crippen molar-refractivity contribution in [2.24, 2.45) is 0 Å². The normalized spacial score (nSPS) is 18.2. The van der Waals surface area contributed by atoms with Gasteiger partial charge in [0.05, 0.1) is 4.90 Å². The van der Waals surface area contributed by atoms with Gasteiger partial charge in [-0.1, -0.05) is 31.4 Å². The minimum absolute atomic E-state index is 0.452. The maximum Gasteiger partial charge on any atom is 0.168 e. The fraction of sp³-hybridized carbons (Fsp3) is 0.500. The molecule has 82 valence electrons. The van der Waals surface area contributed by atoms with Crippen LogP contribution in [0, 0.1) is 0 Å². The minimum atomic E-state index is -2.43. The van der Waals surface area contributed by atoms with Crippen molar-refractivity contribution in [2.75, 3.05) is 0 Å². The number of rotatable bonds is 2. The van der Waals surface area contributed by atoms with E-state index in [1.807, 2.05) is 12.1 Å². The van der Waals surface area contributed by atoms with Gasteiger partial charge in [0.25, 0.3) is 0 Å². The van der Waals surface area contributed by atoms with E-state index >= 15 is 0 Å². The van der Waals surface area contributed by atoms with Gasteiger partial charge in [0.15, 0.2) is 10.7 Å². The highest BCUT2D eigenvalue weighted by atomic mass is 32.2. The van der Waals surface area contributed by atoms with Crippen LogP contribution in [0.3, 0.4) is 0 Å². The monoisotopic (exact) mass is 224 g/mol. The summed E-state index contributed by atoms with van der Waals surface area (Å²) >= 11 is 0. The molecule has 0 N–H and O–H groups in total. The number of benzene rings is 1. The van der Waals surface area contributed by atoms with Crippen LogP contribution >= 0.6 is 0 Å². The van der Waals surface area contributed by atoms with Gasteiger partial charge in [-0.05, 0) is 36.5 Å². The Labute approximate surface area is 92.3 Å². The van der Waals surface area contributed by atoms with E-state index in [9.17, 15) is 8.42 Å². The average Bonchev–Trinajstić information content (AvgIpc) is 2.30. The lowest BCUT2D eigenvalue weighted by molar-refractivity contribution is 0.443. The fourth-order valence-electron chi connectivity index (χ4n) is 2.33. The molecule has 1 fully saturated rings. The van der Waals surface area contributed by atoms with Crippen molar-refractivity contribution in [3.63, 3.8) is 0 Å². The summed E-state index contributed by atoms with van der Waals surface area (Å²) in [6.45, 7) is 0. The Bertz CT molecular complexity index is 396. The SMILES string of the molecule is O=[SH](=O)c1cccc(C2CCCCC2)c1. The molecule has 0 spiro atoms. The second kappa shape index (κ2) is 4.79. The molecular weight excluding hydrogens is 208 g/mol. The molecule has 0 radical (unpaired) electrons. The number of thiol groups is 1. The van der Waals surface area contributed by atoms with Crippen LogP contribution < -0.4 is 0 Å². The first-order chi connectivity index (χ1) is 7.27. The van der Waals surface area contributed by atoms with Gasteiger partial charge in [-0.3, -0.25) is 0 Å². The van der Waals surface area contributed by atoms with E-state index in [1.54, 1.807) is 6.07 Å². The minimum Gasteiger partial charge on any atom is -0.227 e. The molecule has 1 aliphatic rings. The topological polar surface area (TPSA) is 34.1 Å². The number of hydrogen-bond donors (Lipinski definition) is 1. The van der Waals surface area contributed by atoms with Crippen LogP contribution in [0.1, 0.15) is 43.6 Å². The van der Waals surface area contributed by atoms with Crippen molar-refractivity contribution in [1.82, 2.24) is 0 Å². The van der Waals surface area contributed by atoms with Crippen LogP contribution in [0.5, 0.6) is 0 Å². The third-order valence-electron chi connectivity index (χ3n) is 3.16. The van der Waals surface area contributed by atoms with Crippen LogP contribution in [-0.2, 0) is 10.7 Å². The lowest BCUT2D eigenvalue weighted by atomic mass is 9.84. The zero-order valence-corrected chi connectivity index (χ0v) is 9.58. The van der Waals surface area contributed by atoms with E-state index in [2.05, 4.69) is 6.07 Å². The molecule has 2 nitrogen and oxygen atoms in total. The Balaban J connectivity index is 2.23. The molecule has 0 heterocycles. The zero-order chi connectivity index (χ0) is 10.7. The predicted molar refractivity (Wildman–Crippen MR) is 60.8 cm³/mol. The molecule has 1 saturated carbocycles. The Morgan fingerprint density at radius 3 is 2.47 bits per heavy atom. The van der Waals surface area contributed by atoms with Crippen LogP contribution in [0.25, 0.3) is 0 Å². The fourth-order valence-corrected chi connectivity index (χ4v) is 2.79. The van der Waals surface area contributed by atoms with Crippen molar-refractivity contribution in [3.8, 4) is 0 Å². The molecule has 2 rings (SSSR count). The summed E-state index contributed by atoms with van der Waals surface area (Å²) in [5.74, 6) is 0.577. The van der Waals surface area contributed by atoms with Crippen LogP contribution in [-0.4, -0.2) is 8.42 Å². The molecule has 1 aromatic rings. The second-order valence-corrected chi connectivity index (χ2v) is 5.22. The van der Waals surface area contributed by atoms with E-state index in [0.29, 0.717) is 10.8 Å². The van der Waals surface area contributed by atoms with Crippen LogP contribution in [0.2, 0.25) is 0 Å². The summed E-state index contributed by atoms with van der Waals surface area (Å²) in [7, 11) is -2.43. The molecule has 15 heavy (non-hydrogen) atoms. The first-order valence-corrected chi connectivity index (χ1v) is 6.69. The predicted octanol–water partition coefficient (Wildman–Crippen LogP) is 2.70. The molecule has 0 aromatic heterocycles. The van der Waals surface area contributed by atoms with E-state index in [1.165, 1.54) is 37.7 Å². The molecule has 0 bridgehead atoms. The molecule has 0 unspecified atom stereocenters. The van der Waals surface area contributed by atoms with Gasteiger partial charge >= 0.3 is 0 Å². The van der Waals surface area contributed by atoms with Gasteiger partial charge < -0.3 is 0 Å². The largest absolute Gasteiger partial charge is 0.227 e. The number of hydrogen-bond acceptors (Lipinski definition) is 2. The van der Waals surface area contributed by atoms with Gasteiger partial charge in [-0.2, -0.15) is 0 Å². The van der Waals surface area contributed by atoms with Crippen LogP contribution in [0.4, 0.5) is 0 Å². The standard InChI is InChI=1S/C12H16O2S/c13-15(14)12-8-4-7-11(9-12)10-5-2-1-3-6-10/h4,7-10,15H,1-3,5-6H2. The van der Waals surface area contributed by atoms with Crippen molar-refractivity contribution < 1.29 is 8.42 Å². The smallest absolute Gasteiger partial charge is 0.168 e. The van der Waals surface area contributed by atoms with E-state index in [4.69, 9.17) is 0 Å². The van der Waals surface area contributed by atoms with E-state index in [0.717, 1.165) is 0 Å². The lowest BCUT2D eigenvalue weighted by Crippen LogP contribution is -2.04. The average molecular weight is 224 g/mol. The van der Waals surface area contributed by atoms with Gasteiger partial charge in [0, 0.05) is 0 Å². The Kier molecular flexibility index (Phi) is 3.41. The third-order valence-corrected chi connectivity index (χ3v) is 3.86. The van der Waals surface area contributed by atoms with E-state index < -0.39 is 10.7 Å². The maximum absolute atomic E-state index is 10.9. The molecule has 0 aliphatic heterocycles. The molecular formula is C12H16O2S. The van der Waals surface area contributed by atoms with E-state index in [-0.39, 0.29) is 0 Å². The lowest BCUT2D eigenvalue weighted by Gasteiger charge is -2.21. The van der Waals surface area contributed by atoms with Gasteiger partial charge in [-0.15, -0.1) is 0 Å².